The van der Waals surface area contributed by atoms with Crippen LogP contribution in [0.4, 0.5) is 0 Å². The molecule has 0 aliphatic carbocycles. The Morgan fingerprint density at radius 3 is 2.39 bits per heavy atom. The van der Waals surface area contributed by atoms with Crippen molar-refractivity contribution >= 4 is 5.84 Å². The average Bonchev–Trinajstić information content (AvgIpc) is 2.30. The van der Waals surface area contributed by atoms with E-state index < -0.39 is 0 Å². The number of hydrogen-bond donors (Lipinski definition) is 2. The maximum atomic E-state index is 7.24. The van der Waals surface area contributed by atoms with E-state index in [2.05, 4.69) is 18.7 Å². The molecular formula is C13H29N3O2. The molecule has 0 bridgehead atoms. The number of nitrogens with zero attached hydrogens (tertiary/aromatic N) is 1. The van der Waals surface area contributed by atoms with E-state index >= 15 is 0 Å². The van der Waals surface area contributed by atoms with Gasteiger partial charge in [0.15, 0.2) is 0 Å². The molecule has 18 heavy (non-hydrogen) atoms. The van der Waals surface area contributed by atoms with Crippen LogP contribution in [0.25, 0.3) is 0 Å². The lowest BCUT2D eigenvalue weighted by Gasteiger charge is -2.21. The van der Waals surface area contributed by atoms with Gasteiger partial charge in [-0.1, -0.05) is 13.8 Å². The molecule has 0 saturated heterocycles. The normalized spacial score (nSPS) is 11.4. The van der Waals surface area contributed by atoms with Gasteiger partial charge in [-0.3, -0.25) is 10.3 Å². The van der Waals surface area contributed by atoms with Crippen molar-refractivity contribution in [3.8, 4) is 0 Å². The highest BCUT2D eigenvalue weighted by Crippen LogP contribution is 1.99. The lowest BCUT2D eigenvalue weighted by atomic mass is 10.1. The molecule has 5 heteroatoms. The third kappa shape index (κ3) is 11.8. The Kier molecular flexibility index (Phi) is 11.0. The Hall–Kier alpha value is -0.650. The predicted molar refractivity (Wildman–Crippen MR) is 75.1 cm³/mol. The van der Waals surface area contributed by atoms with Gasteiger partial charge in [-0.15, -0.1) is 0 Å². The van der Waals surface area contributed by atoms with E-state index in [1.54, 1.807) is 7.11 Å². The predicted octanol–water partition coefficient (Wildman–Crippen LogP) is 1.32. The average molecular weight is 259 g/mol. The molecule has 0 saturated carbocycles. The zero-order valence-electron chi connectivity index (χ0n) is 12.1. The molecule has 0 spiro atoms. The minimum atomic E-state index is 0.234. The quantitative estimate of drug-likeness (QED) is 0.315. The van der Waals surface area contributed by atoms with Crippen LogP contribution in [-0.4, -0.2) is 57.3 Å². The fraction of sp³-hybridized carbons (Fsp3) is 0.923. The summed E-state index contributed by atoms with van der Waals surface area (Å²) in [6, 6.07) is 0. The van der Waals surface area contributed by atoms with Crippen molar-refractivity contribution in [3.63, 3.8) is 0 Å². The second kappa shape index (κ2) is 11.4. The van der Waals surface area contributed by atoms with Crippen LogP contribution in [0, 0.1) is 11.3 Å². The summed E-state index contributed by atoms with van der Waals surface area (Å²) >= 11 is 0. The topological polar surface area (TPSA) is 71.6 Å². The second-order valence-electron chi connectivity index (χ2n) is 4.90. The Bertz CT molecular complexity index is 210. The summed E-state index contributed by atoms with van der Waals surface area (Å²) in [6.45, 7) is 9.17. The van der Waals surface area contributed by atoms with E-state index in [9.17, 15) is 0 Å². The minimum Gasteiger partial charge on any atom is -0.388 e. The third-order valence-electron chi connectivity index (χ3n) is 2.70. The molecule has 108 valence electrons. The highest BCUT2D eigenvalue weighted by molar-refractivity contribution is 5.76. The zero-order valence-corrected chi connectivity index (χ0v) is 12.1. The zero-order chi connectivity index (χ0) is 13.8. The molecular weight excluding hydrogens is 230 g/mol. The summed E-state index contributed by atoms with van der Waals surface area (Å²) < 4.78 is 10.7. The summed E-state index contributed by atoms with van der Waals surface area (Å²) in [5, 5.41) is 7.24. The van der Waals surface area contributed by atoms with Crippen molar-refractivity contribution in [1.82, 2.24) is 4.90 Å². The number of methoxy groups -OCH3 is 1. The fourth-order valence-electron chi connectivity index (χ4n) is 1.45. The fourth-order valence-corrected chi connectivity index (χ4v) is 1.45. The highest BCUT2D eigenvalue weighted by Gasteiger charge is 2.05. The monoisotopic (exact) mass is 259 g/mol. The molecule has 0 unspecified atom stereocenters. The van der Waals surface area contributed by atoms with E-state index in [4.69, 9.17) is 20.6 Å². The number of nitrogens with one attached hydrogen (secondary N) is 1. The number of amidine groups is 1. The summed E-state index contributed by atoms with van der Waals surface area (Å²) in [7, 11) is 1.70. The summed E-state index contributed by atoms with van der Waals surface area (Å²) in [4.78, 5) is 2.22. The molecule has 0 atom stereocenters. The third-order valence-corrected chi connectivity index (χ3v) is 2.70. The summed E-state index contributed by atoms with van der Waals surface area (Å²) in [6.07, 6.45) is 1.71. The van der Waals surface area contributed by atoms with Crippen LogP contribution in [-0.2, 0) is 9.47 Å². The molecule has 0 aromatic heterocycles. The van der Waals surface area contributed by atoms with E-state index in [0.717, 1.165) is 39.3 Å². The van der Waals surface area contributed by atoms with Gasteiger partial charge >= 0.3 is 0 Å². The molecule has 0 aliphatic rings. The maximum Gasteiger partial charge on any atom is 0.0918 e. The lowest BCUT2D eigenvalue weighted by Crippen LogP contribution is -2.33. The van der Waals surface area contributed by atoms with Crippen molar-refractivity contribution in [1.29, 1.82) is 5.41 Å². The van der Waals surface area contributed by atoms with Gasteiger partial charge in [0.1, 0.15) is 0 Å². The van der Waals surface area contributed by atoms with Gasteiger partial charge in [0, 0.05) is 39.8 Å². The molecule has 0 aliphatic heterocycles. The lowest BCUT2D eigenvalue weighted by molar-refractivity contribution is 0.0840. The van der Waals surface area contributed by atoms with E-state index in [0.29, 0.717) is 18.9 Å². The molecule has 0 heterocycles. The number of ether oxygens (including phenoxy) is 2. The van der Waals surface area contributed by atoms with Crippen LogP contribution < -0.4 is 5.73 Å². The van der Waals surface area contributed by atoms with Crippen LogP contribution in [0.1, 0.15) is 26.7 Å². The molecule has 3 N–H and O–H groups in total. The number of nitrogens with two attached hydrogens (primary N) is 1. The molecule has 0 radical (unpaired) electrons. The van der Waals surface area contributed by atoms with Gasteiger partial charge in [-0.05, 0) is 12.3 Å². The molecule has 0 amide bonds. The first-order chi connectivity index (χ1) is 8.56. The Morgan fingerprint density at radius 2 is 1.83 bits per heavy atom. The van der Waals surface area contributed by atoms with Crippen molar-refractivity contribution in [3.05, 3.63) is 0 Å². The van der Waals surface area contributed by atoms with Crippen LogP contribution in [0.15, 0.2) is 0 Å². The largest absolute Gasteiger partial charge is 0.388 e. The highest BCUT2D eigenvalue weighted by atomic mass is 16.5. The van der Waals surface area contributed by atoms with Crippen LogP contribution in [0.3, 0.4) is 0 Å². The molecule has 5 nitrogen and oxygen atoms in total. The summed E-state index contributed by atoms with van der Waals surface area (Å²) in [5.74, 6) is 0.922. The number of rotatable bonds is 12. The van der Waals surface area contributed by atoms with Gasteiger partial charge in [-0.2, -0.15) is 0 Å². The first kappa shape index (κ1) is 17.4. The van der Waals surface area contributed by atoms with Gasteiger partial charge < -0.3 is 15.2 Å². The van der Waals surface area contributed by atoms with Crippen LogP contribution >= 0.6 is 0 Å². The van der Waals surface area contributed by atoms with Crippen molar-refractivity contribution in [2.45, 2.75) is 26.7 Å². The van der Waals surface area contributed by atoms with Gasteiger partial charge in [0.2, 0.25) is 0 Å². The van der Waals surface area contributed by atoms with Gasteiger partial charge in [0.25, 0.3) is 0 Å². The SMILES string of the molecule is COCCN(CCOCCC(C)C)CCC(=N)N. The Balaban J connectivity index is 3.67. The number of hydrogen-bond acceptors (Lipinski definition) is 4. The van der Waals surface area contributed by atoms with Crippen molar-refractivity contribution < 1.29 is 9.47 Å². The van der Waals surface area contributed by atoms with Gasteiger partial charge in [-0.25, -0.2) is 0 Å². The van der Waals surface area contributed by atoms with Gasteiger partial charge in [0.05, 0.1) is 19.0 Å². The second-order valence-corrected chi connectivity index (χ2v) is 4.90. The van der Waals surface area contributed by atoms with E-state index in [1.807, 2.05) is 0 Å². The van der Waals surface area contributed by atoms with Crippen LogP contribution in [0.5, 0.6) is 0 Å². The smallest absolute Gasteiger partial charge is 0.0918 e. The molecule has 0 rings (SSSR count). The maximum absolute atomic E-state index is 7.24. The first-order valence-electron chi connectivity index (χ1n) is 6.68. The first-order valence-corrected chi connectivity index (χ1v) is 6.68. The minimum absolute atomic E-state index is 0.234. The molecule has 0 aromatic rings. The van der Waals surface area contributed by atoms with Crippen molar-refractivity contribution in [2.75, 3.05) is 46.6 Å². The van der Waals surface area contributed by atoms with Crippen molar-refractivity contribution in [2.24, 2.45) is 11.7 Å². The standard InChI is InChI=1S/C13H29N3O2/c1-12(2)5-9-18-11-8-16(7-10-17-3)6-4-13(14)15/h12H,4-11H2,1-3H3,(H3,14,15). The molecule has 0 aromatic carbocycles. The van der Waals surface area contributed by atoms with E-state index in [-0.39, 0.29) is 5.84 Å². The Morgan fingerprint density at radius 1 is 1.17 bits per heavy atom. The Labute approximate surface area is 111 Å². The van der Waals surface area contributed by atoms with E-state index in [1.165, 1.54) is 0 Å². The summed E-state index contributed by atoms with van der Waals surface area (Å²) in [5.41, 5.74) is 5.37. The van der Waals surface area contributed by atoms with Crippen LogP contribution in [0.2, 0.25) is 0 Å². The molecule has 0 fully saturated rings.